The Morgan fingerprint density at radius 2 is 2.12 bits per heavy atom. The lowest BCUT2D eigenvalue weighted by Crippen LogP contribution is -3.15. The molecule has 0 unspecified atom stereocenters. The van der Waals surface area contributed by atoms with Gasteiger partial charge in [-0.15, -0.1) is 0 Å². The van der Waals surface area contributed by atoms with Gasteiger partial charge in [0.25, 0.3) is 5.91 Å². The average Bonchev–Trinajstić information content (AvgIpc) is 3.23. The van der Waals surface area contributed by atoms with Crippen molar-refractivity contribution in [3.63, 3.8) is 0 Å². The Kier molecular flexibility index (Phi) is 4.52. The van der Waals surface area contributed by atoms with Gasteiger partial charge in [-0.3, -0.25) is 4.79 Å². The highest BCUT2D eigenvalue weighted by atomic mass is 16.5. The number of aryl methyl sites for hydroxylation is 2. The Hall–Kier alpha value is -1.85. The quantitative estimate of drug-likeness (QED) is 0.883. The molecule has 3 heterocycles. The molecule has 25 heavy (non-hydrogen) atoms. The number of carbonyl (C=O) groups is 1. The van der Waals surface area contributed by atoms with Gasteiger partial charge in [-0.2, -0.15) is 0 Å². The molecule has 2 fully saturated rings. The fourth-order valence-corrected chi connectivity index (χ4v) is 4.13. The predicted molar refractivity (Wildman–Crippen MR) is 98.2 cm³/mol. The number of H-pyrrole nitrogens is 1. The minimum absolute atomic E-state index is 0.163. The highest BCUT2D eigenvalue weighted by Gasteiger charge is 2.28. The molecule has 1 aromatic carbocycles. The number of aromatic nitrogens is 1. The fourth-order valence-electron chi connectivity index (χ4n) is 4.13. The number of aromatic amines is 1. The van der Waals surface area contributed by atoms with Gasteiger partial charge in [0.15, 0.2) is 0 Å². The van der Waals surface area contributed by atoms with Gasteiger partial charge in [-0.05, 0) is 50.5 Å². The maximum Gasteiger partial charge on any atom is 0.254 e. The zero-order valence-corrected chi connectivity index (χ0v) is 15.2. The molecule has 1 aromatic heterocycles. The van der Waals surface area contributed by atoms with E-state index in [1.807, 2.05) is 23.1 Å². The van der Waals surface area contributed by atoms with E-state index in [-0.39, 0.29) is 5.91 Å². The predicted octanol–water partition coefficient (Wildman–Crippen LogP) is 1.30. The van der Waals surface area contributed by atoms with Crippen LogP contribution in [-0.4, -0.2) is 61.2 Å². The SMILES string of the molecule is Cc1[nH]c2ccc(C(=O)N3CC[NH+](C[C@H]4CCCO4)CC3)cc2c1C. The molecule has 4 rings (SSSR count). The minimum atomic E-state index is 0.163. The van der Waals surface area contributed by atoms with Gasteiger partial charge in [0.05, 0.1) is 26.2 Å². The molecule has 0 spiro atoms. The summed E-state index contributed by atoms with van der Waals surface area (Å²) < 4.78 is 5.75. The second kappa shape index (κ2) is 6.81. The van der Waals surface area contributed by atoms with Crippen LogP contribution in [0.3, 0.4) is 0 Å². The molecule has 2 aliphatic heterocycles. The summed E-state index contributed by atoms with van der Waals surface area (Å²) in [7, 11) is 0. The molecule has 0 bridgehead atoms. The molecular formula is C20H28N3O2+. The van der Waals surface area contributed by atoms with Crippen LogP contribution >= 0.6 is 0 Å². The van der Waals surface area contributed by atoms with Crippen LogP contribution in [0.5, 0.6) is 0 Å². The number of amides is 1. The van der Waals surface area contributed by atoms with Gasteiger partial charge >= 0.3 is 0 Å². The third-order valence-electron chi connectivity index (χ3n) is 5.85. The van der Waals surface area contributed by atoms with Gasteiger partial charge in [-0.25, -0.2) is 0 Å². The van der Waals surface area contributed by atoms with Crippen LogP contribution in [0.25, 0.3) is 10.9 Å². The molecule has 1 amide bonds. The van der Waals surface area contributed by atoms with Crippen LogP contribution in [0.1, 0.15) is 34.5 Å². The second-order valence-electron chi connectivity index (χ2n) is 7.52. The van der Waals surface area contributed by atoms with Crippen LogP contribution < -0.4 is 4.90 Å². The Bertz CT molecular complexity index is 769. The number of hydrogen-bond acceptors (Lipinski definition) is 2. The summed E-state index contributed by atoms with van der Waals surface area (Å²) in [5.74, 6) is 0.163. The van der Waals surface area contributed by atoms with Crippen molar-refractivity contribution in [3.8, 4) is 0 Å². The molecule has 5 nitrogen and oxygen atoms in total. The first-order valence-corrected chi connectivity index (χ1v) is 9.45. The van der Waals surface area contributed by atoms with E-state index in [0.717, 1.165) is 55.8 Å². The Morgan fingerprint density at radius 1 is 1.32 bits per heavy atom. The van der Waals surface area contributed by atoms with Crippen LogP contribution in [0.15, 0.2) is 18.2 Å². The maximum absolute atomic E-state index is 12.9. The van der Waals surface area contributed by atoms with Crippen molar-refractivity contribution in [1.82, 2.24) is 9.88 Å². The number of nitrogens with zero attached hydrogens (tertiary/aromatic N) is 1. The van der Waals surface area contributed by atoms with Gasteiger partial charge < -0.3 is 19.5 Å². The zero-order chi connectivity index (χ0) is 17.4. The molecule has 5 heteroatoms. The molecule has 0 radical (unpaired) electrons. The third-order valence-corrected chi connectivity index (χ3v) is 5.85. The average molecular weight is 342 g/mol. The highest BCUT2D eigenvalue weighted by Crippen LogP contribution is 2.23. The fraction of sp³-hybridized carbons (Fsp3) is 0.550. The number of ether oxygens (including phenoxy) is 1. The molecule has 0 saturated carbocycles. The van der Waals surface area contributed by atoms with Crippen molar-refractivity contribution < 1.29 is 14.4 Å². The molecule has 1 atom stereocenters. The lowest BCUT2D eigenvalue weighted by Gasteiger charge is -2.33. The first-order valence-electron chi connectivity index (χ1n) is 9.45. The van der Waals surface area contributed by atoms with Crippen molar-refractivity contribution in [2.45, 2.75) is 32.8 Å². The number of fused-ring (bicyclic) bond motifs is 1. The molecular weight excluding hydrogens is 314 g/mol. The third kappa shape index (κ3) is 3.31. The Balaban J connectivity index is 1.40. The monoisotopic (exact) mass is 342 g/mol. The Labute approximate surface area is 148 Å². The van der Waals surface area contributed by atoms with Gasteiger partial charge in [0.1, 0.15) is 12.6 Å². The standard InChI is InChI=1S/C20H27N3O2/c1-14-15(2)21-19-6-5-16(12-18(14)19)20(24)23-9-7-22(8-10-23)13-17-4-3-11-25-17/h5-6,12,17,21H,3-4,7-11,13H2,1-2H3/p+1/t17-/m1/s1. The van der Waals surface area contributed by atoms with E-state index in [1.165, 1.54) is 24.1 Å². The van der Waals surface area contributed by atoms with E-state index in [4.69, 9.17) is 4.74 Å². The van der Waals surface area contributed by atoms with Crippen LogP contribution in [0, 0.1) is 13.8 Å². The van der Waals surface area contributed by atoms with E-state index in [1.54, 1.807) is 4.90 Å². The van der Waals surface area contributed by atoms with E-state index in [9.17, 15) is 4.79 Å². The van der Waals surface area contributed by atoms with E-state index < -0.39 is 0 Å². The minimum Gasteiger partial charge on any atom is -0.372 e. The van der Waals surface area contributed by atoms with Crippen molar-refractivity contribution in [2.24, 2.45) is 0 Å². The topological polar surface area (TPSA) is 49.8 Å². The highest BCUT2D eigenvalue weighted by molar-refractivity contribution is 5.99. The summed E-state index contributed by atoms with van der Waals surface area (Å²) in [6.07, 6.45) is 2.82. The van der Waals surface area contributed by atoms with Gasteiger partial charge in [-0.1, -0.05) is 0 Å². The molecule has 0 aliphatic carbocycles. The van der Waals surface area contributed by atoms with Crippen LogP contribution in [0.2, 0.25) is 0 Å². The van der Waals surface area contributed by atoms with E-state index in [0.29, 0.717) is 6.10 Å². The normalized spacial score (nSPS) is 22.0. The van der Waals surface area contributed by atoms with Crippen molar-refractivity contribution >= 4 is 16.8 Å². The van der Waals surface area contributed by atoms with Gasteiger partial charge in [0.2, 0.25) is 0 Å². The number of piperazine rings is 1. The van der Waals surface area contributed by atoms with Crippen LogP contribution in [-0.2, 0) is 4.74 Å². The largest absolute Gasteiger partial charge is 0.372 e. The molecule has 2 saturated heterocycles. The number of carbonyl (C=O) groups excluding carboxylic acids is 1. The molecule has 2 aromatic rings. The number of benzene rings is 1. The maximum atomic E-state index is 12.9. The summed E-state index contributed by atoms with van der Waals surface area (Å²) in [6, 6.07) is 6.02. The smallest absolute Gasteiger partial charge is 0.254 e. The lowest BCUT2D eigenvalue weighted by molar-refractivity contribution is -0.906. The number of quaternary nitrogens is 1. The van der Waals surface area contributed by atoms with Gasteiger partial charge in [0, 0.05) is 28.8 Å². The first kappa shape index (κ1) is 16.6. The van der Waals surface area contributed by atoms with Crippen molar-refractivity contribution in [3.05, 3.63) is 35.0 Å². The molecule has 2 N–H and O–H groups in total. The van der Waals surface area contributed by atoms with Crippen LogP contribution in [0.4, 0.5) is 0 Å². The summed E-state index contributed by atoms with van der Waals surface area (Å²) in [6.45, 7) is 9.92. The summed E-state index contributed by atoms with van der Waals surface area (Å²) in [4.78, 5) is 19.8. The number of hydrogen-bond donors (Lipinski definition) is 2. The first-order chi connectivity index (χ1) is 12.1. The Morgan fingerprint density at radius 3 is 2.84 bits per heavy atom. The summed E-state index contributed by atoms with van der Waals surface area (Å²) in [5, 5.41) is 1.16. The zero-order valence-electron chi connectivity index (χ0n) is 15.2. The molecule has 134 valence electrons. The van der Waals surface area contributed by atoms with E-state index >= 15 is 0 Å². The molecule has 2 aliphatic rings. The van der Waals surface area contributed by atoms with Crippen molar-refractivity contribution in [1.29, 1.82) is 0 Å². The number of rotatable bonds is 3. The number of nitrogens with one attached hydrogen (secondary N) is 2. The lowest BCUT2D eigenvalue weighted by atomic mass is 10.1. The summed E-state index contributed by atoms with van der Waals surface area (Å²) >= 11 is 0. The second-order valence-corrected chi connectivity index (χ2v) is 7.52. The van der Waals surface area contributed by atoms with Crippen molar-refractivity contribution in [2.75, 3.05) is 39.3 Å². The van der Waals surface area contributed by atoms with E-state index in [2.05, 4.69) is 18.8 Å². The summed E-state index contributed by atoms with van der Waals surface area (Å²) in [5.41, 5.74) is 4.32.